The highest BCUT2D eigenvalue weighted by Gasteiger charge is 2.07. The average Bonchev–Trinajstić information content (AvgIpc) is 2.36. The number of nitrogens with one attached hydrogen (secondary N) is 2. The number of amides is 2. The van der Waals surface area contributed by atoms with Crippen molar-refractivity contribution in [3.63, 3.8) is 0 Å². The van der Waals surface area contributed by atoms with E-state index in [1.54, 1.807) is 36.4 Å². The molecule has 0 heterocycles. The molecular formula is C13H12N2OS4. The van der Waals surface area contributed by atoms with Crippen LogP contribution < -0.4 is 10.6 Å². The molecule has 7 heteroatoms. The normalized spacial score (nSPS) is 10.2. The van der Waals surface area contributed by atoms with Gasteiger partial charge in [-0.05, 0) is 36.4 Å². The molecule has 0 aliphatic rings. The SMILES string of the molecule is O=C(Nc1ccc(S)cc1S)Nc1ccc(S)cc1S. The summed E-state index contributed by atoms with van der Waals surface area (Å²) in [5.74, 6) is 0. The molecule has 3 nitrogen and oxygen atoms in total. The third-order valence-corrected chi connectivity index (χ3v) is 3.76. The van der Waals surface area contributed by atoms with E-state index in [0.717, 1.165) is 9.79 Å². The Bertz CT molecular complexity index is 605. The molecule has 0 bridgehead atoms. The molecule has 0 spiro atoms. The van der Waals surface area contributed by atoms with E-state index in [0.29, 0.717) is 21.2 Å². The Labute approximate surface area is 139 Å². The van der Waals surface area contributed by atoms with Crippen molar-refractivity contribution in [1.29, 1.82) is 0 Å². The molecule has 0 unspecified atom stereocenters. The minimum absolute atomic E-state index is 0.366. The maximum Gasteiger partial charge on any atom is 0.323 e. The van der Waals surface area contributed by atoms with Crippen LogP contribution in [0.25, 0.3) is 0 Å². The van der Waals surface area contributed by atoms with Crippen LogP contribution in [0, 0.1) is 0 Å². The van der Waals surface area contributed by atoms with Gasteiger partial charge in [0, 0.05) is 19.6 Å². The first-order chi connectivity index (χ1) is 9.45. The Balaban J connectivity index is 2.09. The van der Waals surface area contributed by atoms with Gasteiger partial charge in [0.1, 0.15) is 0 Å². The van der Waals surface area contributed by atoms with Crippen LogP contribution in [0.1, 0.15) is 0 Å². The van der Waals surface area contributed by atoms with Crippen LogP contribution in [0.4, 0.5) is 16.2 Å². The Morgan fingerprint density at radius 3 is 1.50 bits per heavy atom. The highest BCUT2D eigenvalue weighted by Crippen LogP contribution is 2.25. The molecule has 0 aliphatic carbocycles. The van der Waals surface area contributed by atoms with Crippen molar-refractivity contribution in [3.8, 4) is 0 Å². The zero-order valence-corrected chi connectivity index (χ0v) is 13.7. The zero-order chi connectivity index (χ0) is 14.7. The lowest BCUT2D eigenvalue weighted by molar-refractivity contribution is 0.262. The quantitative estimate of drug-likeness (QED) is 0.448. The lowest BCUT2D eigenvalue weighted by Gasteiger charge is -2.11. The van der Waals surface area contributed by atoms with Gasteiger partial charge in [-0.15, -0.1) is 50.5 Å². The second kappa shape index (κ2) is 6.71. The first-order valence-corrected chi connectivity index (χ1v) is 7.36. The van der Waals surface area contributed by atoms with Gasteiger partial charge in [-0.25, -0.2) is 4.79 Å². The Morgan fingerprint density at radius 2 is 1.15 bits per heavy atom. The lowest BCUT2D eigenvalue weighted by Crippen LogP contribution is -2.20. The van der Waals surface area contributed by atoms with Gasteiger partial charge in [0.2, 0.25) is 0 Å². The highest BCUT2D eigenvalue weighted by atomic mass is 32.1. The summed E-state index contributed by atoms with van der Waals surface area (Å²) in [5.41, 5.74) is 1.21. The fourth-order valence-corrected chi connectivity index (χ4v) is 2.68. The van der Waals surface area contributed by atoms with E-state index in [1.807, 2.05) is 0 Å². The number of rotatable bonds is 2. The van der Waals surface area contributed by atoms with Crippen LogP contribution >= 0.6 is 50.5 Å². The van der Waals surface area contributed by atoms with Crippen molar-refractivity contribution in [2.75, 3.05) is 10.6 Å². The summed E-state index contributed by atoms with van der Waals surface area (Å²) in [7, 11) is 0. The molecule has 0 saturated carbocycles. The second-order valence-electron chi connectivity index (χ2n) is 3.98. The number of benzene rings is 2. The lowest BCUT2D eigenvalue weighted by atomic mass is 10.3. The van der Waals surface area contributed by atoms with Gasteiger partial charge < -0.3 is 10.6 Å². The number of urea groups is 1. The first kappa shape index (κ1) is 15.5. The smallest absolute Gasteiger partial charge is 0.307 e. The topological polar surface area (TPSA) is 41.1 Å². The second-order valence-corrected chi connectivity index (χ2v) is 5.98. The van der Waals surface area contributed by atoms with Gasteiger partial charge in [0.05, 0.1) is 11.4 Å². The van der Waals surface area contributed by atoms with Crippen molar-refractivity contribution in [2.45, 2.75) is 19.6 Å². The van der Waals surface area contributed by atoms with Crippen LogP contribution in [-0.2, 0) is 0 Å². The summed E-state index contributed by atoms with van der Waals surface area (Å²) in [6.07, 6.45) is 0. The van der Waals surface area contributed by atoms with E-state index in [9.17, 15) is 4.79 Å². The molecule has 0 aromatic heterocycles. The molecule has 0 saturated heterocycles. The Hall–Kier alpha value is -0.890. The highest BCUT2D eigenvalue weighted by molar-refractivity contribution is 7.81. The minimum Gasteiger partial charge on any atom is -0.307 e. The molecule has 2 amide bonds. The van der Waals surface area contributed by atoms with Gasteiger partial charge in [-0.3, -0.25) is 0 Å². The summed E-state index contributed by atoms with van der Waals surface area (Å²) in [4.78, 5) is 14.8. The third kappa shape index (κ3) is 4.05. The number of thiol groups is 4. The van der Waals surface area contributed by atoms with Crippen LogP contribution in [0.2, 0.25) is 0 Å². The number of anilines is 2. The molecule has 0 fully saturated rings. The molecule has 0 radical (unpaired) electrons. The van der Waals surface area contributed by atoms with E-state index < -0.39 is 0 Å². The number of carbonyl (C=O) groups excluding carboxylic acids is 1. The molecule has 0 aliphatic heterocycles. The van der Waals surface area contributed by atoms with Crippen molar-refractivity contribution in [3.05, 3.63) is 36.4 Å². The predicted molar refractivity (Wildman–Crippen MR) is 94.5 cm³/mol. The predicted octanol–water partition coefficient (Wildman–Crippen LogP) is 4.49. The van der Waals surface area contributed by atoms with E-state index in [2.05, 4.69) is 61.1 Å². The van der Waals surface area contributed by atoms with Gasteiger partial charge in [-0.2, -0.15) is 0 Å². The summed E-state index contributed by atoms with van der Waals surface area (Å²) in [6.45, 7) is 0. The monoisotopic (exact) mass is 340 g/mol. The summed E-state index contributed by atoms with van der Waals surface area (Å²) < 4.78 is 0. The van der Waals surface area contributed by atoms with Gasteiger partial charge in [0.15, 0.2) is 0 Å². The number of carbonyl (C=O) groups is 1. The van der Waals surface area contributed by atoms with E-state index in [1.165, 1.54) is 0 Å². The van der Waals surface area contributed by atoms with Crippen LogP contribution in [0.5, 0.6) is 0 Å². The average molecular weight is 341 g/mol. The largest absolute Gasteiger partial charge is 0.323 e. The Morgan fingerprint density at radius 1 is 0.750 bits per heavy atom. The molecule has 2 N–H and O–H groups in total. The minimum atomic E-state index is -0.366. The van der Waals surface area contributed by atoms with Gasteiger partial charge in [-0.1, -0.05) is 0 Å². The van der Waals surface area contributed by atoms with Crippen molar-refractivity contribution in [1.82, 2.24) is 0 Å². The summed E-state index contributed by atoms with van der Waals surface area (Å²) in [6, 6.07) is 10.2. The van der Waals surface area contributed by atoms with Crippen LogP contribution in [0.15, 0.2) is 56.0 Å². The third-order valence-electron chi connectivity index (χ3n) is 2.46. The van der Waals surface area contributed by atoms with E-state index in [-0.39, 0.29) is 6.03 Å². The summed E-state index contributed by atoms with van der Waals surface area (Å²) in [5, 5.41) is 5.43. The van der Waals surface area contributed by atoms with E-state index in [4.69, 9.17) is 0 Å². The molecule has 104 valence electrons. The Kier molecular flexibility index (Phi) is 5.20. The number of hydrogen-bond acceptors (Lipinski definition) is 5. The molecule has 2 aromatic rings. The fourth-order valence-electron chi connectivity index (χ4n) is 1.53. The molecule has 0 atom stereocenters. The van der Waals surface area contributed by atoms with Crippen molar-refractivity contribution in [2.24, 2.45) is 0 Å². The molecular weight excluding hydrogens is 328 g/mol. The zero-order valence-electron chi connectivity index (χ0n) is 10.2. The standard InChI is InChI=1S/C13H12N2OS4/c16-13(14-9-3-1-7(17)5-11(9)19)15-10-4-2-8(18)6-12(10)20/h1-6,17-20H,(H2,14,15,16). The fraction of sp³-hybridized carbons (Fsp3) is 0. The molecule has 2 aromatic carbocycles. The van der Waals surface area contributed by atoms with Gasteiger partial charge in [0.25, 0.3) is 0 Å². The van der Waals surface area contributed by atoms with Crippen LogP contribution in [-0.4, -0.2) is 6.03 Å². The first-order valence-electron chi connectivity index (χ1n) is 5.57. The number of hydrogen-bond donors (Lipinski definition) is 6. The van der Waals surface area contributed by atoms with Gasteiger partial charge >= 0.3 is 6.03 Å². The molecule has 2 rings (SSSR count). The van der Waals surface area contributed by atoms with E-state index >= 15 is 0 Å². The maximum atomic E-state index is 11.9. The van der Waals surface area contributed by atoms with Crippen molar-refractivity contribution < 1.29 is 4.79 Å². The maximum absolute atomic E-state index is 11.9. The molecule has 20 heavy (non-hydrogen) atoms. The summed E-state index contributed by atoms with van der Waals surface area (Å²) >= 11 is 17.0. The van der Waals surface area contributed by atoms with Crippen molar-refractivity contribution >= 4 is 67.9 Å². The van der Waals surface area contributed by atoms with Crippen LogP contribution in [0.3, 0.4) is 0 Å².